The lowest BCUT2D eigenvalue weighted by molar-refractivity contribution is 1.08. The van der Waals surface area contributed by atoms with Crippen molar-refractivity contribution in [1.82, 2.24) is 14.5 Å². The van der Waals surface area contributed by atoms with Crippen LogP contribution in [0.1, 0.15) is 0 Å². The summed E-state index contributed by atoms with van der Waals surface area (Å²) in [5.41, 5.74) is 10.5. The first kappa shape index (κ1) is 31.2. The van der Waals surface area contributed by atoms with Crippen LogP contribution >= 0.6 is 11.3 Å². The van der Waals surface area contributed by atoms with Gasteiger partial charge in [0.05, 0.1) is 22.1 Å². The zero-order valence-corrected chi connectivity index (χ0v) is 31.0. The second-order valence-electron chi connectivity index (χ2n) is 14.6. The van der Waals surface area contributed by atoms with Crippen LogP contribution in [0.15, 0.2) is 188 Å². The molecule has 12 aromatic rings. The molecule has 9 aromatic carbocycles. The van der Waals surface area contributed by atoms with E-state index in [1.807, 2.05) is 11.3 Å². The number of rotatable bonds is 4. The number of hydrogen-bond donors (Lipinski definition) is 0. The fourth-order valence-electron chi connectivity index (χ4n) is 8.56. The van der Waals surface area contributed by atoms with E-state index in [4.69, 9.17) is 9.97 Å². The van der Waals surface area contributed by atoms with Crippen molar-refractivity contribution < 1.29 is 0 Å². The van der Waals surface area contributed by atoms with Gasteiger partial charge < -0.3 is 0 Å². The summed E-state index contributed by atoms with van der Waals surface area (Å²) in [4.78, 5) is 11.1. The molecule has 4 heteroatoms. The minimum atomic E-state index is 0.819. The molecule has 0 saturated heterocycles. The molecule has 0 aliphatic heterocycles. The maximum atomic E-state index is 5.55. The summed E-state index contributed by atoms with van der Waals surface area (Å²) in [6.45, 7) is 0. The largest absolute Gasteiger partial charge is 0.292 e. The molecular formula is C52H31N3S. The fraction of sp³-hybridized carbons (Fsp3) is 0. The number of thiophene rings is 1. The first-order valence-electron chi connectivity index (χ1n) is 19.0. The van der Waals surface area contributed by atoms with Crippen molar-refractivity contribution in [2.24, 2.45) is 0 Å². The Kier molecular flexibility index (Phi) is 6.80. The van der Waals surface area contributed by atoms with Gasteiger partial charge in [-0.3, -0.25) is 4.57 Å². The van der Waals surface area contributed by atoms with Gasteiger partial charge in [0.15, 0.2) is 5.82 Å². The quantitative estimate of drug-likeness (QED) is 0.181. The van der Waals surface area contributed by atoms with Gasteiger partial charge >= 0.3 is 0 Å². The third-order valence-electron chi connectivity index (χ3n) is 11.3. The molecule has 0 radical (unpaired) electrons. The maximum Gasteiger partial charge on any atom is 0.165 e. The third-order valence-corrected chi connectivity index (χ3v) is 12.5. The van der Waals surface area contributed by atoms with Crippen molar-refractivity contribution in [3.63, 3.8) is 0 Å². The van der Waals surface area contributed by atoms with E-state index in [1.165, 1.54) is 63.6 Å². The molecule has 0 N–H and O–H groups in total. The van der Waals surface area contributed by atoms with Crippen LogP contribution in [0.25, 0.3) is 114 Å². The second kappa shape index (κ2) is 12.2. The Morgan fingerprint density at radius 1 is 0.339 bits per heavy atom. The van der Waals surface area contributed by atoms with Crippen LogP contribution < -0.4 is 0 Å². The molecule has 3 nitrogen and oxygen atoms in total. The van der Waals surface area contributed by atoms with Gasteiger partial charge in [-0.2, -0.15) is 0 Å². The monoisotopic (exact) mass is 729 g/mol. The molecule has 0 bridgehead atoms. The maximum absolute atomic E-state index is 5.55. The summed E-state index contributed by atoms with van der Waals surface area (Å²) in [5.74, 6) is 0.819. The highest BCUT2D eigenvalue weighted by atomic mass is 32.1. The predicted molar refractivity (Wildman–Crippen MR) is 238 cm³/mol. The SMILES string of the molecule is c1ccc(-c2ccc3nc(-n4c5ccc(-c6ccc7ccccc7c6)cc5c5cc6ccccc6cc54)c(-c4ccc5c(c4)sc4ccccc45)nc3c2)cc1. The molecule has 0 unspecified atom stereocenters. The van der Waals surface area contributed by atoms with E-state index in [9.17, 15) is 0 Å². The van der Waals surface area contributed by atoms with Crippen molar-refractivity contribution in [1.29, 1.82) is 0 Å². The van der Waals surface area contributed by atoms with Crippen LogP contribution in [-0.2, 0) is 0 Å². The van der Waals surface area contributed by atoms with Crippen LogP contribution in [0.5, 0.6) is 0 Å². The highest BCUT2D eigenvalue weighted by Gasteiger charge is 2.21. The number of nitrogens with zero attached hydrogens (tertiary/aromatic N) is 3. The number of benzene rings is 9. The van der Waals surface area contributed by atoms with E-state index in [2.05, 4.69) is 193 Å². The van der Waals surface area contributed by atoms with Gasteiger partial charge in [-0.25, -0.2) is 9.97 Å². The van der Waals surface area contributed by atoms with Gasteiger partial charge in [0, 0.05) is 36.5 Å². The zero-order chi connectivity index (χ0) is 36.7. The van der Waals surface area contributed by atoms with Crippen LogP contribution in [0.2, 0.25) is 0 Å². The number of hydrogen-bond acceptors (Lipinski definition) is 3. The summed E-state index contributed by atoms with van der Waals surface area (Å²) < 4.78 is 4.87. The molecule has 56 heavy (non-hydrogen) atoms. The van der Waals surface area contributed by atoms with Gasteiger partial charge in [0.2, 0.25) is 0 Å². The molecule has 0 aliphatic rings. The Bertz CT molecular complexity index is 3540. The lowest BCUT2D eigenvalue weighted by Gasteiger charge is -2.15. The van der Waals surface area contributed by atoms with Gasteiger partial charge in [-0.1, -0.05) is 133 Å². The molecule has 0 amide bonds. The topological polar surface area (TPSA) is 30.7 Å². The molecule has 0 aliphatic carbocycles. The fourth-order valence-corrected chi connectivity index (χ4v) is 9.71. The Labute approximate surface area is 326 Å². The molecule has 0 saturated carbocycles. The molecule has 0 fully saturated rings. The van der Waals surface area contributed by atoms with Crippen molar-refractivity contribution in [3.8, 4) is 39.3 Å². The summed E-state index contributed by atoms with van der Waals surface area (Å²) in [6, 6.07) is 67.9. The molecule has 3 aromatic heterocycles. The van der Waals surface area contributed by atoms with Gasteiger partial charge in [-0.05, 0) is 98.4 Å². The second-order valence-corrected chi connectivity index (χ2v) is 15.7. The van der Waals surface area contributed by atoms with Crippen molar-refractivity contribution >= 4 is 85.9 Å². The van der Waals surface area contributed by atoms with Crippen molar-refractivity contribution in [2.75, 3.05) is 0 Å². The summed E-state index contributed by atoms with van der Waals surface area (Å²) in [7, 11) is 0. The molecule has 260 valence electrons. The van der Waals surface area contributed by atoms with E-state index in [0.717, 1.165) is 50.3 Å². The molecule has 3 heterocycles. The minimum Gasteiger partial charge on any atom is -0.292 e. The van der Waals surface area contributed by atoms with E-state index in [-0.39, 0.29) is 0 Å². The lowest BCUT2D eigenvalue weighted by Crippen LogP contribution is -2.04. The Hall–Kier alpha value is -7.14. The van der Waals surface area contributed by atoms with Gasteiger partial charge in [0.25, 0.3) is 0 Å². The van der Waals surface area contributed by atoms with Crippen LogP contribution in [0.4, 0.5) is 0 Å². The van der Waals surface area contributed by atoms with Gasteiger partial charge in [0.1, 0.15) is 5.69 Å². The summed E-state index contributed by atoms with van der Waals surface area (Å²) in [6.07, 6.45) is 0. The van der Waals surface area contributed by atoms with E-state index < -0.39 is 0 Å². The average Bonchev–Trinajstić information content (AvgIpc) is 3.79. The summed E-state index contributed by atoms with van der Waals surface area (Å²) >= 11 is 1.83. The average molecular weight is 730 g/mol. The van der Waals surface area contributed by atoms with Crippen LogP contribution in [-0.4, -0.2) is 14.5 Å². The first-order chi connectivity index (χ1) is 27.7. The molecule has 0 spiro atoms. The highest BCUT2D eigenvalue weighted by molar-refractivity contribution is 7.25. The standard InChI is InChI=1S/C52H31N3S/c1-2-10-32(11-3-1)39-21-24-45-46(29-39)53-51(40-20-23-42-41-16-8-9-17-49(41)56-50(42)31-40)52(54-45)55-47-25-22-38(37-19-18-33-12-4-5-13-34(33)26-37)28-43(47)44-27-35-14-6-7-15-36(35)30-48(44)55/h1-31H. The van der Waals surface area contributed by atoms with E-state index >= 15 is 0 Å². The smallest absolute Gasteiger partial charge is 0.165 e. The van der Waals surface area contributed by atoms with E-state index in [0.29, 0.717) is 0 Å². The highest BCUT2D eigenvalue weighted by Crippen LogP contribution is 2.42. The minimum absolute atomic E-state index is 0.819. The normalized spacial score (nSPS) is 11.9. The lowest BCUT2D eigenvalue weighted by atomic mass is 9.99. The van der Waals surface area contributed by atoms with Gasteiger partial charge in [-0.15, -0.1) is 11.3 Å². The predicted octanol–water partition coefficient (Wildman–Crippen LogP) is 14.4. The zero-order valence-electron chi connectivity index (χ0n) is 30.1. The van der Waals surface area contributed by atoms with Crippen LogP contribution in [0.3, 0.4) is 0 Å². The number of fused-ring (bicyclic) bond motifs is 9. The third kappa shape index (κ3) is 4.90. The Morgan fingerprint density at radius 3 is 1.86 bits per heavy atom. The van der Waals surface area contributed by atoms with Crippen molar-refractivity contribution in [2.45, 2.75) is 0 Å². The first-order valence-corrected chi connectivity index (χ1v) is 19.8. The van der Waals surface area contributed by atoms with E-state index in [1.54, 1.807) is 0 Å². The summed E-state index contributed by atoms with van der Waals surface area (Å²) in [5, 5.41) is 9.80. The Balaban J connectivity index is 1.15. The molecular weight excluding hydrogens is 699 g/mol. The van der Waals surface area contributed by atoms with Crippen LogP contribution in [0, 0.1) is 0 Å². The van der Waals surface area contributed by atoms with Crippen molar-refractivity contribution in [3.05, 3.63) is 188 Å². The molecule has 12 rings (SSSR count). The Morgan fingerprint density at radius 2 is 0.982 bits per heavy atom. The molecule has 0 atom stereocenters. The number of aromatic nitrogens is 3.